The Kier molecular flexibility index (Phi) is 4.39. The van der Waals surface area contributed by atoms with Crippen molar-refractivity contribution in [2.45, 2.75) is 50.0 Å². The molecule has 0 amide bonds. The molecule has 5 nitrogen and oxygen atoms in total. The minimum absolute atomic E-state index is 0.161. The van der Waals surface area contributed by atoms with Crippen LogP contribution in [0.1, 0.15) is 38.7 Å². The highest BCUT2D eigenvalue weighted by molar-refractivity contribution is 7.89. The molecule has 1 saturated heterocycles. The molecule has 1 atom stereocenters. The summed E-state index contributed by atoms with van der Waals surface area (Å²) >= 11 is 0. The van der Waals surface area contributed by atoms with Crippen molar-refractivity contribution in [2.75, 3.05) is 6.54 Å². The number of piperidine rings is 1. The molecular weight excluding hydrogens is 290 g/mol. The van der Waals surface area contributed by atoms with Gasteiger partial charge in [-0.1, -0.05) is 19.1 Å². The zero-order chi connectivity index (χ0) is 15.7. The van der Waals surface area contributed by atoms with Gasteiger partial charge in [0.2, 0.25) is 10.0 Å². The number of hydrogen-bond acceptors (Lipinski definition) is 3. The van der Waals surface area contributed by atoms with Crippen LogP contribution < -0.4 is 0 Å². The van der Waals surface area contributed by atoms with E-state index in [1.54, 1.807) is 24.3 Å². The molecule has 6 heteroatoms. The largest absolute Gasteiger partial charge is 0.480 e. The van der Waals surface area contributed by atoms with Crippen LogP contribution in [-0.4, -0.2) is 35.9 Å². The molecule has 1 fully saturated rings. The van der Waals surface area contributed by atoms with Gasteiger partial charge in [0.15, 0.2) is 0 Å². The van der Waals surface area contributed by atoms with E-state index in [1.165, 1.54) is 6.92 Å². The SMILES string of the molecule is CCc1ccc(S(=O)(=O)N2CCCCC2(C)C(=O)O)cc1. The molecule has 1 unspecified atom stereocenters. The van der Waals surface area contributed by atoms with Crippen molar-refractivity contribution in [3.05, 3.63) is 29.8 Å². The molecule has 0 aliphatic carbocycles. The lowest BCUT2D eigenvalue weighted by atomic mass is 9.91. The third-order valence-electron chi connectivity index (χ3n) is 4.21. The first-order chi connectivity index (χ1) is 9.82. The highest BCUT2D eigenvalue weighted by atomic mass is 32.2. The average molecular weight is 311 g/mol. The van der Waals surface area contributed by atoms with Crippen molar-refractivity contribution in [3.63, 3.8) is 0 Å². The Morgan fingerprint density at radius 1 is 1.29 bits per heavy atom. The first kappa shape index (κ1) is 16.0. The summed E-state index contributed by atoms with van der Waals surface area (Å²) in [5.41, 5.74) is -0.311. The Balaban J connectivity index is 2.42. The lowest BCUT2D eigenvalue weighted by Crippen LogP contribution is -2.57. The van der Waals surface area contributed by atoms with Gasteiger partial charge >= 0.3 is 5.97 Å². The van der Waals surface area contributed by atoms with Crippen molar-refractivity contribution in [1.82, 2.24) is 4.31 Å². The van der Waals surface area contributed by atoms with Crippen LogP contribution in [0.4, 0.5) is 0 Å². The minimum Gasteiger partial charge on any atom is -0.480 e. The molecule has 1 aliphatic heterocycles. The fraction of sp³-hybridized carbons (Fsp3) is 0.533. The predicted molar refractivity (Wildman–Crippen MR) is 79.6 cm³/mol. The van der Waals surface area contributed by atoms with E-state index in [9.17, 15) is 18.3 Å². The van der Waals surface area contributed by atoms with Gasteiger partial charge in [-0.05, 0) is 50.3 Å². The zero-order valence-electron chi connectivity index (χ0n) is 12.4. The monoisotopic (exact) mass is 311 g/mol. The van der Waals surface area contributed by atoms with Gasteiger partial charge in [-0.2, -0.15) is 4.31 Å². The molecule has 1 aromatic carbocycles. The number of carboxylic acid groups (broad SMARTS) is 1. The maximum Gasteiger partial charge on any atom is 0.324 e. The molecule has 1 heterocycles. The van der Waals surface area contributed by atoms with Gasteiger partial charge in [-0.25, -0.2) is 8.42 Å². The van der Waals surface area contributed by atoms with Gasteiger partial charge in [0.25, 0.3) is 0 Å². The van der Waals surface area contributed by atoms with Crippen LogP contribution in [0.25, 0.3) is 0 Å². The van der Waals surface area contributed by atoms with Gasteiger partial charge in [-0.15, -0.1) is 0 Å². The van der Waals surface area contributed by atoms with Gasteiger partial charge in [-0.3, -0.25) is 4.79 Å². The van der Waals surface area contributed by atoms with E-state index in [1.807, 2.05) is 6.92 Å². The molecule has 0 spiro atoms. The number of sulfonamides is 1. The Labute approximate surface area is 125 Å². The van der Waals surface area contributed by atoms with Gasteiger partial charge in [0.1, 0.15) is 5.54 Å². The normalized spacial score (nSPS) is 23.9. The number of nitrogens with zero attached hydrogens (tertiary/aromatic N) is 1. The number of carbonyl (C=O) groups is 1. The van der Waals surface area contributed by atoms with Crippen molar-refractivity contribution in [2.24, 2.45) is 0 Å². The van der Waals surface area contributed by atoms with E-state index in [4.69, 9.17) is 0 Å². The van der Waals surface area contributed by atoms with E-state index in [0.29, 0.717) is 12.8 Å². The summed E-state index contributed by atoms with van der Waals surface area (Å²) < 4.78 is 26.7. The third kappa shape index (κ3) is 2.82. The van der Waals surface area contributed by atoms with Crippen LogP contribution in [0.2, 0.25) is 0 Å². The standard InChI is InChI=1S/C15H21NO4S/c1-3-12-6-8-13(9-7-12)21(19,20)16-11-5-4-10-15(16,2)14(17)18/h6-9H,3-5,10-11H2,1-2H3,(H,17,18). The summed E-state index contributed by atoms with van der Waals surface area (Å²) in [5.74, 6) is -1.09. The molecule has 21 heavy (non-hydrogen) atoms. The maximum absolute atomic E-state index is 12.8. The van der Waals surface area contributed by atoms with Crippen molar-refractivity contribution < 1.29 is 18.3 Å². The number of carboxylic acids is 1. The Morgan fingerprint density at radius 2 is 1.90 bits per heavy atom. The van der Waals surface area contributed by atoms with Crippen LogP contribution in [0.5, 0.6) is 0 Å². The quantitative estimate of drug-likeness (QED) is 0.925. The maximum atomic E-state index is 12.8. The highest BCUT2D eigenvalue weighted by Crippen LogP contribution is 2.33. The number of aliphatic carboxylic acids is 1. The predicted octanol–water partition coefficient (Wildman–Crippen LogP) is 2.27. The number of benzene rings is 1. The molecular formula is C15H21NO4S. The van der Waals surface area contributed by atoms with E-state index in [-0.39, 0.29) is 11.4 Å². The molecule has 0 aromatic heterocycles. The summed E-state index contributed by atoms with van der Waals surface area (Å²) in [7, 11) is -3.79. The average Bonchev–Trinajstić information content (AvgIpc) is 2.47. The Bertz CT molecular complexity index is 624. The molecule has 0 bridgehead atoms. The molecule has 0 radical (unpaired) electrons. The molecule has 2 rings (SSSR count). The van der Waals surface area contributed by atoms with Crippen LogP contribution in [0.3, 0.4) is 0 Å². The second-order valence-corrected chi connectivity index (χ2v) is 7.47. The van der Waals surface area contributed by atoms with Crippen molar-refractivity contribution in [3.8, 4) is 0 Å². The van der Waals surface area contributed by atoms with Gasteiger partial charge in [0.05, 0.1) is 4.90 Å². The number of aryl methyl sites for hydroxylation is 1. The third-order valence-corrected chi connectivity index (χ3v) is 6.24. The van der Waals surface area contributed by atoms with Crippen LogP contribution >= 0.6 is 0 Å². The fourth-order valence-corrected chi connectivity index (χ4v) is 4.52. The summed E-state index contributed by atoms with van der Waals surface area (Å²) in [4.78, 5) is 11.7. The lowest BCUT2D eigenvalue weighted by Gasteiger charge is -2.40. The second-order valence-electron chi connectivity index (χ2n) is 5.61. The summed E-state index contributed by atoms with van der Waals surface area (Å²) in [6.07, 6.45) is 2.59. The molecule has 0 saturated carbocycles. The van der Waals surface area contributed by atoms with Gasteiger partial charge in [0, 0.05) is 6.54 Å². The fourth-order valence-electron chi connectivity index (χ4n) is 2.72. The number of hydrogen-bond donors (Lipinski definition) is 1. The van der Waals surface area contributed by atoms with Crippen LogP contribution in [0.15, 0.2) is 29.2 Å². The summed E-state index contributed by atoms with van der Waals surface area (Å²) in [6.45, 7) is 3.74. The number of rotatable bonds is 4. The van der Waals surface area contributed by atoms with E-state index in [0.717, 1.165) is 22.7 Å². The molecule has 116 valence electrons. The first-order valence-corrected chi connectivity index (χ1v) is 8.61. The first-order valence-electron chi connectivity index (χ1n) is 7.17. The van der Waals surface area contributed by atoms with Crippen LogP contribution in [0, 0.1) is 0 Å². The minimum atomic E-state index is -3.79. The van der Waals surface area contributed by atoms with Crippen LogP contribution in [-0.2, 0) is 21.2 Å². The van der Waals surface area contributed by atoms with Crippen molar-refractivity contribution in [1.29, 1.82) is 0 Å². The topological polar surface area (TPSA) is 74.7 Å². The second kappa shape index (κ2) is 5.77. The molecule has 1 aromatic rings. The smallest absolute Gasteiger partial charge is 0.324 e. The summed E-state index contributed by atoms with van der Waals surface area (Å²) in [6, 6.07) is 6.67. The Morgan fingerprint density at radius 3 is 2.43 bits per heavy atom. The summed E-state index contributed by atoms with van der Waals surface area (Å²) in [5, 5.41) is 9.45. The van der Waals surface area contributed by atoms with E-state index < -0.39 is 21.5 Å². The van der Waals surface area contributed by atoms with E-state index >= 15 is 0 Å². The molecule has 1 aliphatic rings. The molecule has 1 N–H and O–H groups in total. The zero-order valence-corrected chi connectivity index (χ0v) is 13.2. The lowest BCUT2D eigenvalue weighted by molar-refractivity contribution is -0.149. The van der Waals surface area contributed by atoms with Crippen molar-refractivity contribution >= 4 is 16.0 Å². The van der Waals surface area contributed by atoms with Gasteiger partial charge < -0.3 is 5.11 Å². The Hall–Kier alpha value is -1.40. The van der Waals surface area contributed by atoms with E-state index in [2.05, 4.69) is 0 Å². The highest BCUT2D eigenvalue weighted by Gasteiger charge is 2.47.